The summed E-state index contributed by atoms with van der Waals surface area (Å²) in [6.45, 7) is 0. The molecule has 0 saturated heterocycles. The average molecular weight is 110 g/mol. The van der Waals surface area contributed by atoms with Gasteiger partial charge in [-0.15, -0.1) is 0 Å². The fourth-order valence-corrected chi connectivity index (χ4v) is 0. The first-order valence-electron chi connectivity index (χ1n) is 0. The minimum Gasteiger partial charge on any atom is -0.813 e. The number of rotatable bonds is 0. The van der Waals surface area contributed by atoms with Crippen LogP contribution in [0.1, 0.15) is 0 Å². The van der Waals surface area contributed by atoms with Crippen LogP contribution < -0.4 is 0 Å². The molecular formula is H3BS3. The van der Waals surface area contributed by atoms with Gasteiger partial charge in [-0.3, -0.25) is 0 Å². The van der Waals surface area contributed by atoms with E-state index >= 15 is 0 Å². The third-order valence-corrected chi connectivity index (χ3v) is 0. The van der Waals surface area contributed by atoms with Gasteiger partial charge in [0, 0.05) is 0 Å². The van der Waals surface area contributed by atoms with Crippen LogP contribution in [0.5, 0.6) is 0 Å². The molecule has 0 nitrogen and oxygen atoms in total. The van der Waals surface area contributed by atoms with Gasteiger partial charge in [-0.25, -0.2) is 0 Å². The van der Waals surface area contributed by atoms with E-state index in [1.54, 1.807) is 0 Å². The van der Waals surface area contributed by atoms with Crippen LogP contribution in [0.15, 0.2) is 0 Å². The van der Waals surface area contributed by atoms with Crippen molar-refractivity contribution in [1.29, 1.82) is 0 Å². The molecular weight excluding hydrogens is 107 g/mol. The van der Waals surface area contributed by atoms with Crippen molar-refractivity contribution in [1.82, 2.24) is 0 Å². The predicted octanol–water partition coefficient (Wildman–Crippen LogP) is -1.19. The summed E-state index contributed by atoms with van der Waals surface area (Å²) in [6, 6.07) is 0. The summed E-state index contributed by atoms with van der Waals surface area (Å²) in [4.78, 5) is 0. The van der Waals surface area contributed by atoms with Gasteiger partial charge in [0.1, 0.15) is 0 Å². The van der Waals surface area contributed by atoms with Crippen molar-refractivity contribution in [2.75, 3.05) is 0 Å². The smallest absolute Gasteiger partial charge is 0.813 e. The van der Waals surface area contributed by atoms with Gasteiger partial charge in [0.25, 0.3) is 0 Å². The molecule has 0 heterocycles. The quantitative estimate of drug-likeness (QED) is 0.218. The van der Waals surface area contributed by atoms with Gasteiger partial charge in [0.2, 0.25) is 0 Å². The van der Waals surface area contributed by atoms with E-state index in [0.717, 1.165) is 0 Å². The third-order valence-electron chi connectivity index (χ3n) is 0. The summed E-state index contributed by atoms with van der Waals surface area (Å²) >= 11 is 0. The topological polar surface area (TPSA) is 0 Å². The molecule has 0 spiro atoms. The van der Waals surface area contributed by atoms with Crippen molar-refractivity contribution in [3.63, 3.8) is 0 Å². The maximum absolute atomic E-state index is 0. The molecule has 0 aromatic carbocycles. The van der Waals surface area contributed by atoms with Crippen molar-refractivity contribution in [2.24, 2.45) is 0 Å². The molecule has 0 N–H and O–H groups in total. The molecule has 0 bridgehead atoms. The van der Waals surface area contributed by atoms with Crippen LogP contribution in [0, 0.1) is 0 Å². The fourth-order valence-electron chi connectivity index (χ4n) is 0. The molecule has 0 fully saturated rings. The van der Waals surface area contributed by atoms with Gasteiger partial charge in [0.05, 0.1) is 0 Å². The van der Waals surface area contributed by atoms with E-state index in [4.69, 9.17) is 0 Å². The van der Waals surface area contributed by atoms with Crippen LogP contribution in [0.2, 0.25) is 0 Å². The second kappa shape index (κ2) is 32.1. The van der Waals surface area contributed by atoms with Gasteiger partial charge in [0.15, 0.2) is 0 Å². The van der Waals surface area contributed by atoms with E-state index in [1.807, 2.05) is 0 Å². The summed E-state index contributed by atoms with van der Waals surface area (Å²) in [5.41, 5.74) is 0. The Balaban J connectivity index is 0. The molecule has 0 aromatic heterocycles. The maximum Gasteiger partial charge on any atom is 3.00 e. The Kier molecular flexibility index (Phi) is 559. The van der Waals surface area contributed by atoms with Crippen LogP contribution in [0.4, 0.5) is 0 Å². The fraction of sp³-hybridized carbons (Fsp3) is 0. The summed E-state index contributed by atoms with van der Waals surface area (Å²) in [5.74, 6) is 0. The van der Waals surface area contributed by atoms with Crippen LogP contribution in [-0.2, 0) is 40.5 Å². The summed E-state index contributed by atoms with van der Waals surface area (Å²) in [5, 5.41) is 0. The molecule has 0 aromatic rings. The van der Waals surface area contributed by atoms with Gasteiger partial charge in [-0.1, -0.05) is 0 Å². The average Bonchev–Trinajstić information content (AvgIpc) is 0. The van der Waals surface area contributed by atoms with Crippen LogP contribution >= 0.6 is 0 Å². The first-order chi connectivity index (χ1) is 0. The molecule has 24 valence electrons. The first kappa shape index (κ1) is 69.7. The molecule has 0 rings (SSSR count). The number of hydrogen-bond donors (Lipinski definition) is 0. The van der Waals surface area contributed by atoms with Gasteiger partial charge in [-0.2, -0.15) is 0 Å². The second-order valence-electron chi connectivity index (χ2n) is 0. The molecule has 0 radical (unpaired) electrons. The molecule has 4 heavy (non-hydrogen) atoms. The monoisotopic (exact) mass is 110 g/mol. The third kappa shape index (κ3) is 11.2. The Morgan fingerprint density at radius 3 is 0.500 bits per heavy atom. The molecule has 0 saturated carbocycles. The maximum atomic E-state index is 0. The van der Waals surface area contributed by atoms with Crippen molar-refractivity contribution < 1.29 is 0 Å². The van der Waals surface area contributed by atoms with E-state index in [1.165, 1.54) is 0 Å². The van der Waals surface area contributed by atoms with Crippen molar-refractivity contribution >= 4 is 48.9 Å². The number of hydrogen-bond acceptors (Lipinski definition) is 3. The van der Waals surface area contributed by atoms with Crippen molar-refractivity contribution in [3.8, 4) is 0 Å². The normalized spacial score (nSPS) is 0. The van der Waals surface area contributed by atoms with Gasteiger partial charge in [-0.05, 0) is 0 Å². The van der Waals surface area contributed by atoms with Gasteiger partial charge < -0.3 is 40.5 Å². The molecule has 0 aliphatic rings. The van der Waals surface area contributed by atoms with E-state index in [2.05, 4.69) is 0 Å². The summed E-state index contributed by atoms with van der Waals surface area (Å²) in [7, 11) is 0. The first-order valence-corrected chi connectivity index (χ1v) is 0. The van der Waals surface area contributed by atoms with Crippen molar-refractivity contribution in [3.05, 3.63) is 0 Å². The zero-order chi connectivity index (χ0) is 0. The minimum absolute atomic E-state index is 0. The molecule has 4 heteroatoms. The Bertz CT molecular complexity index is 3.25. The second-order valence-corrected chi connectivity index (χ2v) is 0. The molecule has 0 unspecified atom stereocenters. The van der Waals surface area contributed by atoms with E-state index in [-0.39, 0.29) is 48.9 Å². The Hall–Kier alpha value is 1.11. The van der Waals surface area contributed by atoms with Crippen LogP contribution in [0.3, 0.4) is 0 Å². The molecule has 0 amide bonds. The number of thiol groups is 3. The zero-order valence-corrected chi connectivity index (χ0v) is 4.60. The zero-order valence-electron chi connectivity index (χ0n) is 1.92. The standard InChI is InChI=1S/B.3H2S/h;3*1H2/q+3;;;/p-3. The van der Waals surface area contributed by atoms with E-state index in [0.29, 0.717) is 0 Å². The minimum atomic E-state index is 0. The largest absolute Gasteiger partial charge is 3.00 e. The SMILES string of the molecule is [B+3].[SH-].[SH-].[SH-]. The summed E-state index contributed by atoms with van der Waals surface area (Å²) in [6.07, 6.45) is 0. The summed E-state index contributed by atoms with van der Waals surface area (Å²) < 4.78 is 0. The van der Waals surface area contributed by atoms with Gasteiger partial charge >= 0.3 is 8.41 Å². The Labute approximate surface area is 49.3 Å². The molecule has 0 aliphatic heterocycles. The Morgan fingerprint density at radius 1 is 0.500 bits per heavy atom. The van der Waals surface area contributed by atoms with Crippen molar-refractivity contribution in [2.45, 2.75) is 0 Å². The molecule has 0 aliphatic carbocycles. The van der Waals surface area contributed by atoms with Crippen LogP contribution in [0.25, 0.3) is 0 Å². The molecule has 0 atom stereocenters. The van der Waals surface area contributed by atoms with E-state index < -0.39 is 0 Å². The Morgan fingerprint density at radius 2 is 0.500 bits per heavy atom. The van der Waals surface area contributed by atoms with E-state index in [9.17, 15) is 0 Å². The predicted molar refractivity (Wildman–Crippen MR) is 32.0 cm³/mol. The van der Waals surface area contributed by atoms with Crippen LogP contribution in [-0.4, -0.2) is 8.41 Å².